The summed E-state index contributed by atoms with van der Waals surface area (Å²) in [6, 6.07) is 5.09. The van der Waals surface area contributed by atoms with Crippen LogP contribution >= 0.6 is 0 Å². The lowest BCUT2D eigenvalue weighted by atomic mass is 10.2. The van der Waals surface area contributed by atoms with E-state index >= 15 is 0 Å². The van der Waals surface area contributed by atoms with Crippen LogP contribution in [0.4, 0.5) is 11.4 Å². The minimum Gasteiger partial charge on any atom is -0.458 e. The highest BCUT2D eigenvalue weighted by Gasteiger charge is 2.19. The molecular formula is C9H16N4O. The summed E-state index contributed by atoms with van der Waals surface area (Å²) in [4.78, 5) is 0. The molecule has 0 bridgehead atoms. The van der Waals surface area contributed by atoms with Crippen LogP contribution < -0.4 is 27.7 Å². The molecule has 0 atom stereocenters. The molecular weight excluding hydrogens is 180 g/mol. The lowest BCUT2D eigenvalue weighted by molar-refractivity contribution is 0.0795. The van der Waals surface area contributed by atoms with E-state index in [4.69, 9.17) is 27.7 Å². The maximum atomic E-state index is 5.68. The number of para-hydroxylation sites is 1. The van der Waals surface area contributed by atoms with Gasteiger partial charge in [-0.05, 0) is 12.1 Å². The smallest absolute Gasteiger partial charge is 0.212 e. The van der Waals surface area contributed by atoms with Gasteiger partial charge in [0.15, 0.2) is 0 Å². The van der Waals surface area contributed by atoms with Gasteiger partial charge >= 0.3 is 0 Å². The summed E-state index contributed by atoms with van der Waals surface area (Å²) >= 11 is 0. The predicted molar refractivity (Wildman–Crippen MR) is 57.3 cm³/mol. The van der Waals surface area contributed by atoms with Crippen molar-refractivity contribution in [2.45, 2.75) is 19.2 Å². The van der Waals surface area contributed by atoms with Gasteiger partial charge in [0.1, 0.15) is 5.75 Å². The van der Waals surface area contributed by atoms with Gasteiger partial charge in [-0.25, -0.2) is 0 Å². The fourth-order valence-corrected chi connectivity index (χ4v) is 0.927. The van der Waals surface area contributed by atoms with E-state index in [0.717, 1.165) is 0 Å². The monoisotopic (exact) mass is 196 g/mol. The normalized spacial score (nSPS) is 11.4. The molecule has 0 saturated carbocycles. The third kappa shape index (κ3) is 2.27. The number of ether oxygens (including phenoxy) is 1. The SMILES string of the molecule is CCC(N)(N)Oc1cccc(N)c1N. The van der Waals surface area contributed by atoms with Crippen LogP contribution in [-0.4, -0.2) is 5.85 Å². The summed E-state index contributed by atoms with van der Waals surface area (Å²) < 4.78 is 5.31. The number of hydrogen-bond donors (Lipinski definition) is 4. The van der Waals surface area contributed by atoms with Gasteiger partial charge in [-0.3, -0.25) is 11.5 Å². The molecule has 5 nitrogen and oxygen atoms in total. The van der Waals surface area contributed by atoms with Crippen molar-refractivity contribution in [3.05, 3.63) is 18.2 Å². The van der Waals surface area contributed by atoms with Gasteiger partial charge in [0.25, 0.3) is 0 Å². The van der Waals surface area contributed by atoms with E-state index in [9.17, 15) is 0 Å². The molecule has 5 heteroatoms. The summed E-state index contributed by atoms with van der Waals surface area (Å²) in [6.45, 7) is 1.82. The van der Waals surface area contributed by atoms with Crippen molar-refractivity contribution < 1.29 is 4.74 Å². The number of hydrogen-bond acceptors (Lipinski definition) is 5. The Morgan fingerprint density at radius 3 is 2.50 bits per heavy atom. The van der Waals surface area contributed by atoms with Gasteiger partial charge in [0, 0.05) is 6.42 Å². The third-order valence-electron chi connectivity index (χ3n) is 1.95. The zero-order chi connectivity index (χ0) is 10.8. The van der Waals surface area contributed by atoms with E-state index in [1.54, 1.807) is 18.2 Å². The van der Waals surface area contributed by atoms with Gasteiger partial charge in [0.2, 0.25) is 5.85 Å². The van der Waals surface area contributed by atoms with Crippen molar-refractivity contribution in [2.24, 2.45) is 11.5 Å². The second-order valence-electron chi connectivity index (χ2n) is 3.17. The van der Waals surface area contributed by atoms with Gasteiger partial charge in [-0.15, -0.1) is 0 Å². The van der Waals surface area contributed by atoms with Crippen LogP contribution in [0.1, 0.15) is 13.3 Å². The first-order valence-electron chi connectivity index (χ1n) is 4.37. The average molecular weight is 196 g/mol. The molecule has 0 aliphatic carbocycles. The molecule has 1 aromatic rings. The zero-order valence-corrected chi connectivity index (χ0v) is 8.16. The summed E-state index contributed by atoms with van der Waals surface area (Å²) in [5.74, 6) is -0.793. The largest absolute Gasteiger partial charge is 0.458 e. The van der Waals surface area contributed by atoms with Crippen LogP contribution in [0, 0.1) is 0 Å². The third-order valence-corrected chi connectivity index (χ3v) is 1.95. The molecule has 0 amide bonds. The highest BCUT2D eigenvalue weighted by atomic mass is 16.5. The Hall–Kier alpha value is -1.46. The van der Waals surface area contributed by atoms with Crippen molar-refractivity contribution in [2.75, 3.05) is 11.5 Å². The maximum absolute atomic E-state index is 5.68. The number of rotatable bonds is 3. The maximum Gasteiger partial charge on any atom is 0.212 e. The fraction of sp³-hybridized carbons (Fsp3) is 0.333. The molecule has 0 fully saturated rings. The molecule has 0 saturated heterocycles. The second kappa shape index (κ2) is 3.73. The standard InChI is InChI=1S/C9H16N4O/c1-2-9(12,13)14-7-5-3-4-6(10)8(7)11/h3-5H,2,10-13H2,1H3. The number of nitrogen functional groups attached to an aromatic ring is 2. The topological polar surface area (TPSA) is 113 Å². The molecule has 14 heavy (non-hydrogen) atoms. The molecule has 0 aliphatic heterocycles. The van der Waals surface area contributed by atoms with E-state index in [-0.39, 0.29) is 0 Å². The lowest BCUT2D eigenvalue weighted by Crippen LogP contribution is -2.54. The van der Waals surface area contributed by atoms with Crippen LogP contribution in [0.25, 0.3) is 0 Å². The Kier molecular flexibility index (Phi) is 2.83. The van der Waals surface area contributed by atoms with Gasteiger partial charge in [0.05, 0.1) is 11.4 Å². The lowest BCUT2D eigenvalue weighted by Gasteiger charge is -2.25. The first-order valence-corrected chi connectivity index (χ1v) is 4.37. The molecule has 78 valence electrons. The van der Waals surface area contributed by atoms with E-state index in [0.29, 0.717) is 23.5 Å². The van der Waals surface area contributed by atoms with Crippen LogP contribution in [0.3, 0.4) is 0 Å². The van der Waals surface area contributed by atoms with Gasteiger partial charge in [-0.1, -0.05) is 13.0 Å². The molecule has 1 rings (SSSR count). The Morgan fingerprint density at radius 1 is 1.29 bits per heavy atom. The van der Waals surface area contributed by atoms with Gasteiger partial charge in [-0.2, -0.15) is 0 Å². The first-order chi connectivity index (χ1) is 6.46. The van der Waals surface area contributed by atoms with Crippen LogP contribution in [-0.2, 0) is 0 Å². The quantitative estimate of drug-likeness (QED) is 0.407. The summed E-state index contributed by atoms with van der Waals surface area (Å²) in [5.41, 5.74) is 23.3. The Morgan fingerprint density at radius 2 is 1.93 bits per heavy atom. The van der Waals surface area contributed by atoms with E-state index < -0.39 is 5.85 Å². The van der Waals surface area contributed by atoms with Crippen LogP contribution in [0.15, 0.2) is 18.2 Å². The molecule has 0 heterocycles. The first kappa shape index (κ1) is 10.6. The highest BCUT2D eigenvalue weighted by molar-refractivity contribution is 5.70. The molecule has 0 aliphatic rings. The Bertz CT molecular complexity index is 325. The average Bonchev–Trinajstić information content (AvgIpc) is 2.13. The highest BCUT2D eigenvalue weighted by Crippen LogP contribution is 2.28. The minimum absolute atomic E-state index is 0.362. The summed E-state index contributed by atoms with van der Waals surface area (Å²) in [7, 11) is 0. The fourth-order valence-electron chi connectivity index (χ4n) is 0.927. The number of anilines is 2. The second-order valence-corrected chi connectivity index (χ2v) is 3.17. The van der Waals surface area contributed by atoms with E-state index in [2.05, 4.69) is 0 Å². The molecule has 0 unspecified atom stereocenters. The Balaban J connectivity index is 2.92. The van der Waals surface area contributed by atoms with E-state index in [1.807, 2.05) is 6.92 Å². The molecule has 8 N–H and O–H groups in total. The van der Waals surface area contributed by atoms with Crippen LogP contribution in [0.5, 0.6) is 5.75 Å². The van der Waals surface area contributed by atoms with Crippen molar-refractivity contribution in [1.82, 2.24) is 0 Å². The van der Waals surface area contributed by atoms with Gasteiger partial charge < -0.3 is 16.2 Å². The zero-order valence-electron chi connectivity index (χ0n) is 8.16. The Labute approximate surface area is 83.0 Å². The molecule has 0 aromatic heterocycles. The van der Waals surface area contributed by atoms with Crippen molar-refractivity contribution in [3.63, 3.8) is 0 Å². The number of nitrogens with two attached hydrogens (primary N) is 4. The van der Waals surface area contributed by atoms with E-state index in [1.165, 1.54) is 0 Å². The number of benzene rings is 1. The van der Waals surface area contributed by atoms with Crippen molar-refractivity contribution in [3.8, 4) is 5.75 Å². The molecule has 1 aromatic carbocycles. The van der Waals surface area contributed by atoms with Crippen molar-refractivity contribution >= 4 is 11.4 Å². The summed E-state index contributed by atoms with van der Waals surface area (Å²) in [6.07, 6.45) is 0.473. The molecule has 0 spiro atoms. The predicted octanol–water partition coefficient (Wildman–Crippen LogP) is 0.211. The minimum atomic E-state index is -1.21. The molecule has 0 radical (unpaired) electrons. The van der Waals surface area contributed by atoms with Crippen LogP contribution in [0.2, 0.25) is 0 Å². The summed E-state index contributed by atoms with van der Waals surface area (Å²) in [5, 5.41) is 0. The van der Waals surface area contributed by atoms with Crippen molar-refractivity contribution in [1.29, 1.82) is 0 Å².